The van der Waals surface area contributed by atoms with Crippen LogP contribution in [0.25, 0.3) is 0 Å². The lowest BCUT2D eigenvalue weighted by Gasteiger charge is -2.39. The lowest BCUT2D eigenvalue weighted by Crippen LogP contribution is -2.45. The number of pyridine rings is 1. The van der Waals surface area contributed by atoms with E-state index in [2.05, 4.69) is 28.3 Å². The summed E-state index contributed by atoms with van der Waals surface area (Å²) in [5.41, 5.74) is 2.94. The average molecular weight is 245 g/mol. The molecule has 18 heavy (non-hydrogen) atoms. The molecule has 0 spiro atoms. The molecule has 3 nitrogen and oxygen atoms in total. The van der Waals surface area contributed by atoms with Crippen molar-refractivity contribution in [2.45, 2.75) is 50.7 Å². The van der Waals surface area contributed by atoms with Crippen molar-refractivity contribution in [3.8, 4) is 0 Å². The molecule has 1 fully saturated rings. The maximum atomic E-state index is 4.23. The molecule has 2 aliphatic rings. The van der Waals surface area contributed by atoms with Gasteiger partial charge in [-0.2, -0.15) is 0 Å². The molecule has 1 aromatic heterocycles. The number of aromatic nitrogens is 1. The van der Waals surface area contributed by atoms with E-state index < -0.39 is 0 Å². The molecule has 0 saturated heterocycles. The Morgan fingerprint density at radius 2 is 2.28 bits per heavy atom. The topological polar surface area (TPSA) is 28.2 Å². The van der Waals surface area contributed by atoms with Crippen LogP contribution in [0, 0.1) is 0 Å². The largest absolute Gasteiger partial charge is 0.317 e. The highest BCUT2D eigenvalue weighted by atomic mass is 15.2. The van der Waals surface area contributed by atoms with Crippen LogP contribution in [0.4, 0.5) is 0 Å². The third kappa shape index (κ3) is 2.43. The zero-order valence-electron chi connectivity index (χ0n) is 11.2. The molecule has 1 aromatic rings. The second kappa shape index (κ2) is 5.37. The van der Waals surface area contributed by atoms with Crippen LogP contribution in [0.15, 0.2) is 18.5 Å². The summed E-state index contributed by atoms with van der Waals surface area (Å²) in [6.45, 7) is 2.33. The summed E-state index contributed by atoms with van der Waals surface area (Å²) in [4.78, 5) is 6.92. The fraction of sp³-hybridized carbons (Fsp3) is 0.667. The van der Waals surface area contributed by atoms with Crippen LogP contribution in [-0.4, -0.2) is 35.6 Å². The number of nitrogens with one attached hydrogen (secondary N) is 1. The number of hydrogen-bond acceptors (Lipinski definition) is 3. The maximum Gasteiger partial charge on any atom is 0.0303 e. The molecule has 0 aromatic carbocycles. The monoisotopic (exact) mass is 245 g/mol. The zero-order valence-corrected chi connectivity index (χ0v) is 11.2. The van der Waals surface area contributed by atoms with Gasteiger partial charge in [-0.25, -0.2) is 0 Å². The minimum absolute atomic E-state index is 0.725. The van der Waals surface area contributed by atoms with Crippen LogP contribution < -0.4 is 5.32 Å². The van der Waals surface area contributed by atoms with E-state index in [-0.39, 0.29) is 0 Å². The third-order valence-electron chi connectivity index (χ3n) is 4.62. The van der Waals surface area contributed by atoms with Gasteiger partial charge in [-0.3, -0.25) is 9.88 Å². The van der Waals surface area contributed by atoms with Gasteiger partial charge in [0.2, 0.25) is 0 Å². The van der Waals surface area contributed by atoms with Crippen molar-refractivity contribution >= 4 is 0 Å². The highest BCUT2D eigenvalue weighted by Gasteiger charge is 2.28. The molecule has 1 unspecified atom stereocenters. The molecule has 3 rings (SSSR count). The Morgan fingerprint density at radius 1 is 1.33 bits per heavy atom. The van der Waals surface area contributed by atoms with Gasteiger partial charge in [-0.15, -0.1) is 0 Å². The van der Waals surface area contributed by atoms with Crippen molar-refractivity contribution in [2.75, 3.05) is 13.6 Å². The summed E-state index contributed by atoms with van der Waals surface area (Å²) in [5, 5.41) is 3.46. The SMILES string of the molecule is CN[C@H]1CCCC(N2CCc3cnccc3C2)C1. The van der Waals surface area contributed by atoms with Gasteiger partial charge in [0, 0.05) is 37.6 Å². The van der Waals surface area contributed by atoms with Crippen LogP contribution in [0.2, 0.25) is 0 Å². The van der Waals surface area contributed by atoms with E-state index in [9.17, 15) is 0 Å². The second-order valence-corrected chi connectivity index (χ2v) is 5.67. The molecule has 1 saturated carbocycles. The molecular weight excluding hydrogens is 222 g/mol. The van der Waals surface area contributed by atoms with E-state index in [1.165, 1.54) is 49.8 Å². The van der Waals surface area contributed by atoms with Gasteiger partial charge < -0.3 is 5.32 Å². The molecule has 98 valence electrons. The van der Waals surface area contributed by atoms with Gasteiger partial charge in [0.1, 0.15) is 0 Å². The Balaban J connectivity index is 1.68. The van der Waals surface area contributed by atoms with Gasteiger partial charge in [-0.05, 0) is 49.9 Å². The smallest absolute Gasteiger partial charge is 0.0303 e. The van der Waals surface area contributed by atoms with Crippen LogP contribution in [0.5, 0.6) is 0 Å². The minimum atomic E-state index is 0.725. The van der Waals surface area contributed by atoms with E-state index in [0.717, 1.165) is 18.6 Å². The third-order valence-corrected chi connectivity index (χ3v) is 4.62. The first-order chi connectivity index (χ1) is 8.86. The van der Waals surface area contributed by atoms with Gasteiger partial charge in [-0.1, -0.05) is 6.42 Å². The summed E-state index contributed by atoms with van der Waals surface area (Å²) in [5.74, 6) is 0. The van der Waals surface area contributed by atoms with Crippen molar-refractivity contribution in [3.05, 3.63) is 29.6 Å². The van der Waals surface area contributed by atoms with Crippen molar-refractivity contribution in [2.24, 2.45) is 0 Å². The zero-order chi connectivity index (χ0) is 12.4. The quantitative estimate of drug-likeness (QED) is 0.863. The van der Waals surface area contributed by atoms with Gasteiger partial charge in [0.25, 0.3) is 0 Å². The molecule has 0 amide bonds. The molecule has 2 atom stereocenters. The van der Waals surface area contributed by atoms with Crippen LogP contribution in [0.3, 0.4) is 0 Å². The molecule has 1 aliphatic heterocycles. The van der Waals surface area contributed by atoms with Crippen molar-refractivity contribution in [1.82, 2.24) is 15.2 Å². The highest BCUT2D eigenvalue weighted by molar-refractivity contribution is 5.25. The summed E-state index contributed by atoms with van der Waals surface area (Å²) >= 11 is 0. The van der Waals surface area contributed by atoms with E-state index in [1.807, 2.05) is 12.4 Å². The first kappa shape index (κ1) is 12.1. The van der Waals surface area contributed by atoms with E-state index in [4.69, 9.17) is 0 Å². The number of fused-ring (bicyclic) bond motifs is 1. The number of nitrogens with zero attached hydrogens (tertiary/aromatic N) is 2. The first-order valence-corrected chi connectivity index (χ1v) is 7.20. The Kier molecular flexibility index (Phi) is 3.62. The highest BCUT2D eigenvalue weighted by Crippen LogP contribution is 2.27. The first-order valence-electron chi connectivity index (χ1n) is 7.20. The van der Waals surface area contributed by atoms with Crippen molar-refractivity contribution in [1.29, 1.82) is 0 Å². The van der Waals surface area contributed by atoms with E-state index in [1.54, 1.807) is 0 Å². The van der Waals surface area contributed by atoms with Crippen LogP contribution in [-0.2, 0) is 13.0 Å². The summed E-state index contributed by atoms with van der Waals surface area (Å²) in [6, 6.07) is 3.69. The fourth-order valence-corrected chi connectivity index (χ4v) is 3.47. The molecular formula is C15H23N3. The fourth-order valence-electron chi connectivity index (χ4n) is 3.47. The Morgan fingerprint density at radius 3 is 3.17 bits per heavy atom. The standard InChI is InChI=1S/C15H23N3/c1-16-14-3-2-4-15(9-14)18-8-6-12-10-17-7-5-13(12)11-18/h5,7,10,14-16H,2-4,6,8-9,11H2,1H3/t14-,15?/m0/s1. The van der Waals surface area contributed by atoms with Crippen LogP contribution >= 0.6 is 0 Å². The van der Waals surface area contributed by atoms with E-state index in [0.29, 0.717) is 0 Å². The average Bonchev–Trinajstić information content (AvgIpc) is 2.47. The minimum Gasteiger partial charge on any atom is -0.317 e. The lowest BCUT2D eigenvalue weighted by molar-refractivity contribution is 0.127. The van der Waals surface area contributed by atoms with Crippen molar-refractivity contribution in [3.63, 3.8) is 0 Å². The normalized spacial score (nSPS) is 28.9. The molecule has 3 heteroatoms. The predicted molar refractivity (Wildman–Crippen MR) is 73.5 cm³/mol. The molecule has 0 bridgehead atoms. The lowest BCUT2D eigenvalue weighted by atomic mass is 9.88. The summed E-state index contributed by atoms with van der Waals surface area (Å²) in [6.07, 6.45) is 10.6. The Bertz CT molecular complexity index is 404. The number of rotatable bonds is 2. The van der Waals surface area contributed by atoms with Gasteiger partial charge in [0.05, 0.1) is 0 Å². The molecule has 1 N–H and O–H groups in total. The molecule has 0 radical (unpaired) electrons. The summed E-state index contributed by atoms with van der Waals surface area (Å²) in [7, 11) is 2.10. The number of hydrogen-bond donors (Lipinski definition) is 1. The van der Waals surface area contributed by atoms with E-state index >= 15 is 0 Å². The molecule has 1 aliphatic carbocycles. The Labute approximate surface area is 110 Å². The van der Waals surface area contributed by atoms with Crippen LogP contribution in [0.1, 0.15) is 36.8 Å². The van der Waals surface area contributed by atoms with Gasteiger partial charge >= 0.3 is 0 Å². The van der Waals surface area contributed by atoms with Crippen molar-refractivity contribution < 1.29 is 0 Å². The maximum absolute atomic E-state index is 4.23. The second-order valence-electron chi connectivity index (χ2n) is 5.67. The Hall–Kier alpha value is -0.930. The predicted octanol–water partition coefficient (Wildman–Crippen LogP) is 1.97. The summed E-state index contributed by atoms with van der Waals surface area (Å²) < 4.78 is 0. The molecule has 2 heterocycles. The van der Waals surface area contributed by atoms with Gasteiger partial charge in [0.15, 0.2) is 0 Å².